The molecule has 0 aliphatic carbocycles. The average molecular weight is 289 g/mol. The van der Waals surface area contributed by atoms with Gasteiger partial charge in [0.2, 0.25) is 0 Å². The van der Waals surface area contributed by atoms with Gasteiger partial charge >= 0.3 is 0 Å². The van der Waals surface area contributed by atoms with Crippen LogP contribution in [0.5, 0.6) is 11.5 Å². The number of nitrogen functional groups attached to an aromatic ring is 1. The van der Waals surface area contributed by atoms with Crippen LogP contribution in [0.15, 0.2) is 48.7 Å². The van der Waals surface area contributed by atoms with Crippen LogP contribution in [0.25, 0.3) is 10.9 Å². The van der Waals surface area contributed by atoms with Gasteiger partial charge in [-0.1, -0.05) is 29.8 Å². The maximum absolute atomic E-state index is 13.2. The number of fused-ring (bicyclic) bond motifs is 1. The van der Waals surface area contributed by atoms with E-state index in [-0.39, 0.29) is 10.7 Å². The maximum Gasteiger partial charge on any atom is 0.152 e. The summed E-state index contributed by atoms with van der Waals surface area (Å²) in [7, 11) is 0. The van der Waals surface area contributed by atoms with Crippen molar-refractivity contribution in [3.05, 3.63) is 59.5 Å². The van der Waals surface area contributed by atoms with E-state index in [1.165, 1.54) is 6.07 Å². The lowest BCUT2D eigenvalue weighted by atomic mass is 10.2. The number of aromatic nitrogens is 1. The van der Waals surface area contributed by atoms with Gasteiger partial charge in [0, 0.05) is 17.5 Å². The molecule has 0 aliphatic heterocycles. The van der Waals surface area contributed by atoms with Crippen molar-refractivity contribution in [3.63, 3.8) is 0 Å². The number of pyridine rings is 1. The van der Waals surface area contributed by atoms with Crippen molar-refractivity contribution in [3.8, 4) is 11.5 Å². The van der Waals surface area contributed by atoms with Crippen molar-refractivity contribution in [1.29, 1.82) is 0 Å². The minimum Gasteiger partial charge on any atom is -0.454 e. The highest BCUT2D eigenvalue weighted by Gasteiger charge is 2.09. The van der Waals surface area contributed by atoms with Gasteiger partial charge in [-0.15, -0.1) is 0 Å². The Bertz CT molecular complexity index is 792. The molecule has 0 atom stereocenters. The summed E-state index contributed by atoms with van der Waals surface area (Å²) in [6.45, 7) is 0. The zero-order chi connectivity index (χ0) is 14.1. The van der Waals surface area contributed by atoms with Gasteiger partial charge in [-0.05, 0) is 12.1 Å². The van der Waals surface area contributed by atoms with Crippen LogP contribution in [0.3, 0.4) is 0 Å². The predicted octanol–water partition coefficient (Wildman–Crippen LogP) is 4.40. The monoisotopic (exact) mass is 288 g/mol. The quantitative estimate of drug-likeness (QED) is 0.711. The first kappa shape index (κ1) is 12.7. The Balaban J connectivity index is 1.99. The van der Waals surface area contributed by atoms with E-state index in [1.54, 1.807) is 6.20 Å². The number of nitrogens with two attached hydrogens (primary N) is 1. The average Bonchev–Trinajstić information content (AvgIpc) is 2.44. The first-order chi connectivity index (χ1) is 9.63. The Morgan fingerprint density at radius 3 is 2.80 bits per heavy atom. The maximum atomic E-state index is 13.2. The molecule has 2 N–H and O–H groups in total. The zero-order valence-corrected chi connectivity index (χ0v) is 11.1. The van der Waals surface area contributed by atoms with Gasteiger partial charge < -0.3 is 10.5 Å². The third kappa shape index (κ3) is 2.38. The molecule has 2 aromatic carbocycles. The second-order valence-corrected chi connectivity index (χ2v) is 4.68. The fourth-order valence-electron chi connectivity index (χ4n) is 1.87. The summed E-state index contributed by atoms with van der Waals surface area (Å²) in [5, 5.41) is 0.903. The minimum atomic E-state index is -0.576. The van der Waals surface area contributed by atoms with E-state index in [2.05, 4.69) is 4.98 Å². The Morgan fingerprint density at radius 1 is 1.15 bits per heavy atom. The van der Waals surface area contributed by atoms with Crippen molar-refractivity contribution in [1.82, 2.24) is 4.98 Å². The summed E-state index contributed by atoms with van der Waals surface area (Å²) in [6.07, 6.45) is 1.58. The molecule has 0 unspecified atom stereocenters. The molecule has 0 saturated heterocycles. The molecule has 0 fully saturated rings. The van der Waals surface area contributed by atoms with Gasteiger partial charge in [0.15, 0.2) is 5.75 Å². The van der Waals surface area contributed by atoms with E-state index in [9.17, 15) is 4.39 Å². The van der Waals surface area contributed by atoms with Crippen molar-refractivity contribution >= 4 is 28.2 Å². The highest BCUT2D eigenvalue weighted by atomic mass is 35.5. The molecule has 20 heavy (non-hydrogen) atoms. The Hall–Kier alpha value is -2.33. The van der Waals surface area contributed by atoms with Gasteiger partial charge in [-0.3, -0.25) is 4.98 Å². The standard InChI is InChI=1S/C15H10ClFN2O/c16-11-6-15(13(18)7-12(11)17)20-10-5-9-3-1-2-4-14(9)19-8-10/h1-8H,18H2. The molecule has 3 nitrogen and oxygen atoms in total. The fraction of sp³-hybridized carbons (Fsp3) is 0. The second-order valence-electron chi connectivity index (χ2n) is 4.27. The smallest absolute Gasteiger partial charge is 0.152 e. The molecule has 0 aliphatic rings. The molecule has 1 aromatic heterocycles. The lowest BCUT2D eigenvalue weighted by Crippen LogP contribution is -1.94. The number of para-hydroxylation sites is 1. The molecule has 0 radical (unpaired) electrons. The molecule has 5 heteroatoms. The molecule has 0 spiro atoms. The Labute approximate surface area is 119 Å². The van der Waals surface area contributed by atoms with Crippen molar-refractivity contribution < 1.29 is 9.13 Å². The summed E-state index contributed by atoms with van der Waals surface area (Å²) >= 11 is 5.72. The van der Waals surface area contributed by atoms with Crippen molar-refractivity contribution in [2.45, 2.75) is 0 Å². The lowest BCUT2D eigenvalue weighted by molar-refractivity contribution is 0.482. The zero-order valence-electron chi connectivity index (χ0n) is 10.3. The molecule has 0 saturated carbocycles. The number of hydrogen-bond acceptors (Lipinski definition) is 3. The summed E-state index contributed by atoms with van der Waals surface area (Å²) < 4.78 is 18.8. The molecule has 0 bridgehead atoms. The van der Waals surface area contributed by atoms with Gasteiger partial charge in [-0.25, -0.2) is 4.39 Å². The van der Waals surface area contributed by atoms with E-state index in [0.29, 0.717) is 11.5 Å². The molecule has 3 aromatic rings. The lowest BCUT2D eigenvalue weighted by Gasteiger charge is -2.09. The van der Waals surface area contributed by atoms with Crippen LogP contribution in [0.4, 0.5) is 10.1 Å². The SMILES string of the molecule is Nc1cc(F)c(Cl)cc1Oc1cnc2ccccc2c1. The van der Waals surface area contributed by atoms with Crippen LogP contribution < -0.4 is 10.5 Å². The van der Waals surface area contributed by atoms with E-state index in [1.807, 2.05) is 30.3 Å². The Morgan fingerprint density at radius 2 is 1.95 bits per heavy atom. The predicted molar refractivity (Wildman–Crippen MR) is 77.6 cm³/mol. The number of nitrogens with zero attached hydrogens (tertiary/aromatic N) is 1. The van der Waals surface area contributed by atoms with Crippen LogP contribution in [0.2, 0.25) is 5.02 Å². The first-order valence-electron chi connectivity index (χ1n) is 5.90. The van der Waals surface area contributed by atoms with Crippen LogP contribution >= 0.6 is 11.6 Å². The fourth-order valence-corrected chi connectivity index (χ4v) is 2.02. The van der Waals surface area contributed by atoms with Gasteiger partial charge in [0.25, 0.3) is 0 Å². The number of hydrogen-bond donors (Lipinski definition) is 1. The van der Waals surface area contributed by atoms with E-state index >= 15 is 0 Å². The third-order valence-corrected chi connectivity index (χ3v) is 3.14. The van der Waals surface area contributed by atoms with E-state index < -0.39 is 5.82 Å². The van der Waals surface area contributed by atoms with Gasteiger partial charge in [0.1, 0.15) is 11.6 Å². The van der Waals surface area contributed by atoms with Crippen LogP contribution in [0.1, 0.15) is 0 Å². The normalized spacial score (nSPS) is 10.7. The van der Waals surface area contributed by atoms with Gasteiger partial charge in [-0.2, -0.15) is 0 Å². The molecule has 100 valence electrons. The molecule has 1 heterocycles. The summed E-state index contributed by atoms with van der Waals surface area (Å²) in [6, 6.07) is 12.0. The van der Waals surface area contributed by atoms with Crippen LogP contribution in [-0.4, -0.2) is 4.98 Å². The summed E-state index contributed by atoms with van der Waals surface area (Å²) in [5.41, 5.74) is 6.75. The number of rotatable bonds is 2. The van der Waals surface area contributed by atoms with Crippen molar-refractivity contribution in [2.75, 3.05) is 5.73 Å². The molecular weight excluding hydrogens is 279 g/mol. The van der Waals surface area contributed by atoms with E-state index in [4.69, 9.17) is 22.1 Å². The van der Waals surface area contributed by atoms with E-state index in [0.717, 1.165) is 17.0 Å². The number of halogens is 2. The Kier molecular flexibility index (Phi) is 3.16. The minimum absolute atomic E-state index is 0.0389. The highest BCUT2D eigenvalue weighted by Crippen LogP contribution is 2.32. The van der Waals surface area contributed by atoms with Gasteiger partial charge in [0.05, 0.1) is 22.4 Å². The first-order valence-corrected chi connectivity index (χ1v) is 6.28. The number of ether oxygens (including phenoxy) is 1. The number of anilines is 1. The second kappa shape index (κ2) is 4.98. The molecular formula is C15H10ClFN2O. The topological polar surface area (TPSA) is 48.1 Å². The van der Waals surface area contributed by atoms with Crippen LogP contribution in [0, 0.1) is 5.82 Å². The molecule has 3 rings (SSSR count). The number of benzene rings is 2. The van der Waals surface area contributed by atoms with Crippen LogP contribution in [-0.2, 0) is 0 Å². The van der Waals surface area contributed by atoms with Crippen molar-refractivity contribution in [2.24, 2.45) is 0 Å². The molecule has 0 amide bonds. The third-order valence-electron chi connectivity index (χ3n) is 2.85. The summed E-state index contributed by atoms with van der Waals surface area (Å²) in [5.74, 6) is 0.236. The summed E-state index contributed by atoms with van der Waals surface area (Å²) in [4.78, 5) is 4.27. The largest absolute Gasteiger partial charge is 0.454 e. The highest BCUT2D eigenvalue weighted by molar-refractivity contribution is 6.31.